The maximum atomic E-state index is 12.1. The van der Waals surface area contributed by atoms with Gasteiger partial charge in [-0.1, -0.05) is 45.3 Å². The number of nitrogens with one attached hydrogen (secondary N) is 2. The van der Waals surface area contributed by atoms with Crippen LogP contribution in [0.4, 0.5) is 0 Å². The van der Waals surface area contributed by atoms with Crippen LogP contribution in [-0.2, 0) is 0 Å². The molecule has 1 aromatic rings. The second kappa shape index (κ2) is 5.88. The monoisotopic (exact) mass is 309 g/mol. The molecule has 0 unspecified atom stereocenters. The van der Waals surface area contributed by atoms with E-state index in [0.29, 0.717) is 0 Å². The highest BCUT2D eigenvalue weighted by atomic mass is 28.3. The van der Waals surface area contributed by atoms with E-state index < -0.39 is 16.5 Å². The lowest BCUT2D eigenvalue weighted by Crippen LogP contribution is -2.46. The topological polar surface area (TPSA) is 71.1 Å². The molecular formula is C13H23N3O2Si2. The molecule has 0 radical (unpaired) electrons. The van der Waals surface area contributed by atoms with E-state index in [0.717, 1.165) is 0 Å². The van der Waals surface area contributed by atoms with Crippen LogP contribution in [-0.4, -0.2) is 33.3 Å². The third kappa shape index (κ3) is 5.66. The molecule has 20 heavy (non-hydrogen) atoms. The van der Waals surface area contributed by atoms with Gasteiger partial charge in [-0.25, -0.2) is 4.98 Å². The number of rotatable bonds is 4. The van der Waals surface area contributed by atoms with Gasteiger partial charge in [0.15, 0.2) is 0 Å². The molecule has 0 saturated carbocycles. The largest absolute Gasteiger partial charge is 0.377 e. The van der Waals surface area contributed by atoms with Crippen LogP contribution < -0.4 is 9.96 Å². The highest BCUT2D eigenvalue weighted by Crippen LogP contribution is 2.04. The predicted molar refractivity (Wildman–Crippen MR) is 85.9 cm³/mol. The van der Waals surface area contributed by atoms with Crippen molar-refractivity contribution in [2.45, 2.75) is 39.3 Å². The molecule has 1 aromatic heterocycles. The van der Waals surface area contributed by atoms with E-state index >= 15 is 0 Å². The molecule has 2 N–H and O–H groups in total. The Kier molecular flexibility index (Phi) is 4.87. The molecule has 110 valence electrons. The lowest BCUT2D eigenvalue weighted by Gasteiger charge is -2.19. The van der Waals surface area contributed by atoms with Crippen molar-refractivity contribution in [1.29, 1.82) is 0 Å². The Hall–Kier alpha value is -1.48. The van der Waals surface area contributed by atoms with Crippen molar-refractivity contribution in [3.63, 3.8) is 0 Å². The van der Waals surface area contributed by atoms with Gasteiger partial charge in [-0.15, -0.1) is 0 Å². The van der Waals surface area contributed by atoms with Crippen molar-refractivity contribution < 1.29 is 9.59 Å². The Morgan fingerprint density at radius 2 is 1.20 bits per heavy atom. The maximum Gasteiger partial charge on any atom is 0.262 e. The average Bonchev–Trinajstić information content (AvgIpc) is 2.24. The van der Waals surface area contributed by atoms with Gasteiger partial charge in [0, 0.05) is 0 Å². The van der Waals surface area contributed by atoms with Gasteiger partial charge in [0.1, 0.15) is 27.9 Å². The predicted octanol–water partition coefficient (Wildman–Crippen LogP) is 2.21. The van der Waals surface area contributed by atoms with Crippen LogP contribution in [0.25, 0.3) is 0 Å². The van der Waals surface area contributed by atoms with Gasteiger partial charge in [-0.2, -0.15) is 0 Å². The molecule has 0 atom stereocenters. The third-order valence-electron chi connectivity index (χ3n) is 2.19. The molecule has 0 bridgehead atoms. The van der Waals surface area contributed by atoms with Gasteiger partial charge in [0.2, 0.25) is 0 Å². The number of carbonyl (C=O) groups is 2. The quantitative estimate of drug-likeness (QED) is 0.838. The molecule has 0 aliphatic rings. The van der Waals surface area contributed by atoms with Crippen LogP contribution >= 0.6 is 0 Å². The summed E-state index contributed by atoms with van der Waals surface area (Å²) in [6.07, 6.45) is 0. The Balaban J connectivity index is 2.91. The molecule has 0 aliphatic heterocycles. The van der Waals surface area contributed by atoms with E-state index in [9.17, 15) is 9.59 Å². The maximum absolute atomic E-state index is 12.1. The third-order valence-corrected chi connectivity index (χ3v) is 4.15. The molecule has 1 rings (SSSR count). The van der Waals surface area contributed by atoms with E-state index in [-0.39, 0.29) is 23.2 Å². The molecule has 0 aromatic carbocycles. The lowest BCUT2D eigenvalue weighted by atomic mass is 10.3. The number of aromatic nitrogens is 1. The first-order valence-corrected chi connectivity index (χ1v) is 13.6. The summed E-state index contributed by atoms with van der Waals surface area (Å²) in [5.74, 6) is -0.432. The summed E-state index contributed by atoms with van der Waals surface area (Å²) < 4.78 is 0. The zero-order valence-electron chi connectivity index (χ0n) is 13.0. The molecular weight excluding hydrogens is 286 g/mol. The smallest absolute Gasteiger partial charge is 0.262 e. The summed E-state index contributed by atoms with van der Waals surface area (Å²) >= 11 is 0. The van der Waals surface area contributed by atoms with E-state index in [4.69, 9.17) is 0 Å². The number of carbonyl (C=O) groups excluding carboxylic acids is 2. The van der Waals surface area contributed by atoms with Gasteiger partial charge in [0.05, 0.1) is 0 Å². The summed E-state index contributed by atoms with van der Waals surface area (Å²) in [6.45, 7) is 12.2. The van der Waals surface area contributed by atoms with Crippen molar-refractivity contribution in [3.05, 3.63) is 29.6 Å². The van der Waals surface area contributed by atoms with Crippen molar-refractivity contribution in [2.75, 3.05) is 0 Å². The first-order valence-electron chi connectivity index (χ1n) is 6.60. The average molecular weight is 310 g/mol. The Labute approximate surface area is 122 Å². The molecule has 1 heterocycles. The Morgan fingerprint density at radius 1 is 0.850 bits per heavy atom. The standard InChI is InChI=1S/C13H23N3O2Si2/c1-19(2,3)15-12(17)10-8-7-9-11(14-10)13(18)16-20(4,5)6/h7-9H,1-6H3,(H,15,17)(H,16,18). The van der Waals surface area contributed by atoms with Crippen LogP contribution in [0, 0.1) is 0 Å². The molecule has 2 amide bonds. The molecule has 0 spiro atoms. The number of pyridine rings is 1. The fraction of sp³-hybridized carbons (Fsp3) is 0.462. The number of amides is 2. The SMILES string of the molecule is C[Si](C)(C)NC(=O)c1cccc(C(=O)N[Si](C)(C)C)n1. The highest BCUT2D eigenvalue weighted by Gasteiger charge is 2.21. The lowest BCUT2D eigenvalue weighted by molar-refractivity contribution is 0.0970. The van der Waals surface area contributed by atoms with Gasteiger partial charge in [-0.3, -0.25) is 9.59 Å². The van der Waals surface area contributed by atoms with E-state index in [1.165, 1.54) is 0 Å². The first kappa shape index (κ1) is 16.6. The van der Waals surface area contributed by atoms with Crippen molar-refractivity contribution in [1.82, 2.24) is 14.9 Å². The minimum absolute atomic E-state index is 0.216. The first-order chi connectivity index (χ1) is 8.98. The zero-order valence-corrected chi connectivity index (χ0v) is 15.0. The van der Waals surface area contributed by atoms with Crippen LogP contribution in [0.1, 0.15) is 21.0 Å². The van der Waals surface area contributed by atoms with Crippen LogP contribution in [0.2, 0.25) is 39.3 Å². The normalized spacial score (nSPS) is 11.9. The minimum Gasteiger partial charge on any atom is -0.377 e. The second-order valence-electron chi connectivity index (χ2n) is 6.82. The Morgan fingerprint density at radius 3 is 1.50 bits per heavy atom. The summed E-state index contributed by atoms with van der Waals surface area (Å²) in [4.78, 5) is 34.2. The van der Waals surface area contributed by atoms with Crippen molar-refractivity contribution in [3.8, 4) is 0 Å². The van der Waals surface area contributed by atoms with Crippen LogP contribution in [0.3, 0.4) is 0 Å². The van der Waals surface area contributed by atoms with Crippen molar-refractivity contribution >= 4 is 28.3 Å². The molecule has 7 heteroatoms. The summed E-state index contributed by atoms with van der Waals surface area (Å²) in [7, 11) is -3.44. The van der Waals surface area contributed by atoms with Gasteiger partial charge >= 0.3 is 0 Å². The molecule has 5 nitrogen and oxygen atoms in total. The van der Waals surface area contributed by atoms with Gasteiger partial charge in [-0.05, 0) is 12.1 Å². The Bertz CT molecular complexity index is 476. The second-order valence-corrected chi connectivity index (χ2v) is 16.3. The van der Waals surface area contributed by atoms with Gasteiger partial charge < -0.3 is 9.96 Å². The number of hydrogen-bond donors (Lipinski definition) is 2. The van der Waals surface area contributed by atoms with E-state index in [1.54, 1.807) is 18.2 Å². The van der Waals surface area contributed by atoms with Gasteiger partial charge in [0.25, 0.3) is 11.8 Å². The van der Waals surface area contributed by atoms with Crippen LogP contribution in [0.5, 0.6) is 0 Å². The van der Waals surface area contributed by atoms with Crippen LogP contribution in [0.15, 0.2) is 18.2 Å². The number of hydrogen-bond acceptors (Lipinski definition) is 3. The fourth-order valence-electron chi connectivity index (χ4n) is 1.50. The number of nitrogens with zero attached hydrogens (tertiary/aromatic N) is 1. The minimum atomic E-state index is -1.72. The van der Waals surface area contributed by atoms with E-state index in [1.807, 2.05) is 39.3 Å². The summed E-state index contributed by atoms with van der Waals surface area (Å²) in [6, 6.07) is 4.94. The zero-order chi connectivity index (χ0) is 15.6. The molecule has 0 fully saturated rings. The molecule has 0 saturated heterocycles. The summed E-state index contributed by atoms with van der Waals surface area (Å²) in [5, 5.41) is 0. The van der Waals surface area contributed by atoms with E-state index in [2.05, 4.69) is 14.9 Å². The van der Waals surface area contributed by atoms with Crippen molar-refractivity contribution in [2.24, 2.45) is 0 Å². The summed E-state index contributed by atoms with van der Waals surface area (Å²) in [5.41, 5.74) is 0.575. The molecule has 0 aliphatic carbocycles. The highest BCUT2D eigenvalue weighted by molar-refractivity contribution is 6.76. The fourth-order valence-corrected chi connectivity index (χ4v) is 3.12.